The van der Waals surface area contributed by atoms with Gasteiger partial charge in [-0.3, -0.25) is 10.1 Å². The van der Waals surface area contributed by atoms with Crippen molar-refractivity contribution in [1.29, 1.82) is 0 Å². The van der Waals surface area contributed by atoms with Crippen molar-refractivity contribution in [2.75, 3.05) is 5.32 Å². The Morgan fingerprint density at radius 1 is 1.43 bits per heavy atom. The van der Waals surface area contributed by atoms with Crippen molar-refractivity contribution in [2.24, 2.45) is 5.92 Å². The second kappa shape index (κ2) is 5.65. The molecule has 0 saturated carbocycles. The zero-order chi connectivity index (χ0) is 16.0. The van der Waals surface area contributed by atoms with Crippen molar-refractivity contribution in [1.82, 2.24) is 5.16 Å². The summed E-state index contributed by atoms with van der Waals surface area (Å²) in [7, 11) is 0. The van der Waals surface area contributed by atoms with Crippen LogP contribution in [0.3, 0.4) is 0 Å². The molecule has 4 nitrogen and oxygen atoms in total. The Balaban J connectivity index is 1.65. The number of benzene rings is 1. The Morgan fingerprint density at radius 3 is 3.09 bits per heavy atom. The maximum absolute atomic E-state index is 12.6. The van der Waals surface area contributed by atoms with E-state index in [1.54, 1.807) is 0 Å². The third kappa shape index (κ3) is 2.54. The molecular formula is C17H15ClN2O2S. The number of hydrogen-bond donors (Lipinski definition) is 1. The van der Waals surface area contributed by atoms with E-state index >= 15 is 0 Å². The summed E-state index contributed by atoms with van der Waals surface area (Å²) in [5.74, 6) is 0.795. The van der Waals surface area contributed by atoms with Gasteiger partial charge in [-0.1, -0.05) is 41.9 Å². The normalized spacial score (nSPS) is 17.2. The minimum atomic E-state index is -0.242. The summed E-state index contributed by atoms with van der Waals surface area (Å²) in [6.45, 7) is 2.20. The summed E-state index contributed by atoms with van der Waals surface area (Å²) in [6.07, 6.45) is 2.89. The van der Waals surface area contributed by atoms with E-state index in [9.17, 15) is 4.79 Å². The van der Waals surface area contributed by atoms with Gasteiger partial charge in [0.15, 0.2) is 0 Å². The van der Waals surface area contributed by atoms with E-state index in [1.165, 1.54) is 11.3 Å². The molecule has 0 saturated heterocycles. The van der Waals surface area contributed by atoms with Gasteiger partial charge in [0.1, 0.15) is 4.88 Å². The summed E-state index contributed by atoms with van der Waals surface area (Å²) in [4.78, 5) is 13.1. The van der Waals surface area contributed by atoms with Gasteiger partial charge in [0.25, 0.3) is 5.91 Å². The standard InChI is InChI=1S/C17H15ClN2O2S/c1-9-6-7-12-11(8-9)17(22-20-12)19-16(21)15-14(18)10-4-2-3-5-13(10)23-15/h2-5,9H,6-8H2,1H3,(H,19,21). The fourth-order valence-electron chi connectivity index (χ4n) is 3.00. The van der Waals surface area contributed by atoms with E-state index in [-0.39, 0.29) is 5.91 Å². The van der Waals surface area contributed by atoms with Crippen LogP contribution in [0.15, 0.2) is 28.8 Å². The number of anilines is 1. The lowest BCUT2D eigenvalue weighted by Gasteiger charge is -2.16. The van der Waals surface area contributed by atoms with Crippen LogP contribution in [0.1, 0.15) is 34.3 Å². The van der Waals surface area contributed by atoms with Crippen molar-refractivity contribution in [2.45, 2.75) is 26.2 Å². The molecular weight excluding hydrogens is 332 g/mol. The number of fused-ring (bicyclic) bond motifs is 2. The number of aryl methyl sites for hydroxylation is 1. The molecule has 2 aromatic heterocycles. The van der Waals surface area contributed by atoms with Crippen molar-refractivity contribution >= 4 is 44.8 Å². The van der Waals surface area contributed by atoms with Crippen LogP contribution in [0.25, 0.3) is 10.1 Å². The molecule has 0 aliphatic heterocycles. The van der Waals surface area contributed by atoms with Gasteiger partial charge in [-0.25, -0.2) is 0 Å². The number of nitrogens with one attached hydrogen (secondary N) is 1. The second-order valence-electron chi connectivity index (χ2n) is 5.98. The lowest BCUT2D eigenvalue weighted by molar-refractivity contribution is 0.102. The van der Waals surface area contributed by atoms with Gasteiger partial charge in [0.05, 0.1) is 10.7 Å². The lowest BCUT2D eigenvalue weighted by atomic mass is 9.89. The number of rotatable bonds is 2. The highest BCUT2D eigenvalue weighted by Gasteiger charge is 2.26. The number of amides is 1. The van der Waals surface area contributed by atoms with Crippen LogP contribution < -0.4 is 5.32 Å². The number of carbonyl (C=O) groups is 1. The molecule has 118 valence electrons. The average Bonchev–Trinajstić information content (AvgIpc) is 3.09. The number of carbonyl (C=O) groups excluding carboxylic acids is 1. The molecule has 0 spiro atoms. The van der Waals surface area contributed by atoms with E-state index in [1.807, 2.05) is 24.3 Å². The molecule has 2 heterocycles. The minimum Gasteiger partial charge on any atom is -0.338 e. The summed E-state index contributed by atoms with van der Waals surface area (Å²) >= 11 is 7.75. The molecule has 1 N–H and O–H groups in total. The highest BCUT2D eigenvalue weighted by molar-refractivity contribution is 7.21. The predicted octanol–water partition coefficient (Wildman–Crippen LogP) is 4.92. The Hall–Kier alpha value is -1.85. The Kier molecular flexibility index (Phi) is 3.62. The first-order valence-corrected chi connectivity index (χ1v) is 8.78. The number of hydrogen-bond acceptors (Lipinski definition) is 4. The molecule has 1 unspecified atom stereocenters. The molecule has 3 aromatic rings. The highest BCUT2D eigenvalue weighted by atomic mass is 35.5. The van der Waals surface area contributed by atoms with Crippen LogP contribution in [0.2, 0.25) is 5.02 Å². The van der Waals surface area contributed by atoms with Crippen molar-refractivity contribution < 1.29 is 9.32 Å². The van der Waals surface area contributed by atoms with Gasteiger partial charge in [-0.05, 0) is 31.2 Å². The Bertz CT molecular complexity index is 899. The van der Waals surface area contributed by atoms with E-state index < -0.39 is 0 Å². The first-order valence-electron chi connectivity index (χ1n) is 7.59. The van der Waals surface area contributed by atoms with Gasteiger partial charge in [-0.2, -0.15) is 0 Å². The fraction of sp³-hybridized carbons (Fsp3) is 0.294. The van der Waals surface area contributed by atoms with Crippen LogP contribution in [-0.2, 0) is 12.8 Å². The van der Waals surface area contributed by atoms with E-state index in [2.05, 4.69) is 17.4 Å². The highest BCUT2D eigenvalue weighted by Crippen LogP contribution is 2.36. The smallest absolute Gasteiger partial charge is 0.269 e. The number of halogens is 1. The number of thiophene rings is 1. The van der Waals surface area contributed by atoms with Crippen molar-refractivity contribution in [3.8, 4) is 0 Å². The van der Waals surface area contributed by atoms with E-state index in [0.29, 0.717) is 21.7 Å². The molecule has 0 radical (unpaired) electrons. The van der Waals surface area contributed by atoms with Crippen LogP contribution in [0.4, 0.5) is 5.88 Å². The van der Waals surface area contributed by atoms with Gasteiger partial charge in [-0.15, -0.1) is 11.3 Å². The molecule has 1 aliphatic rings. The molecule has 4 rings (SSSR count). The zero-order valence-corrected chi connectivity index (χ0v) is 14.1. The first-order chi connectivity index (χ1) is 11.1. The summed E-state index contributed by atoms with van der Waals surface area (Å²) < 4.78 is 6.35. The SMILES string of the molecule is CC1CCc2noc(NC(=O)c3sc4ccccc4c3Cl)c2C1. The molecule has 1 aliphatic carbocycles. The maximum Gasteiger partial charge on any atom is 0.269 e. The summed E-state index contributed by atoms with van der Waals surface area (Å²) in [6, 6.07) is 7.73. The third-order valence-corrected chi connectivity index (χ3v) is 5.94. The molecule has 1 atom stereocenters. The average molecular weight is 347 g/mol. The molecule has 23 heavy (non-hydrogen) atoms. The Labute approximate surface area is 142 Å². The first kappa shape index (κ1) is 14.7. The van der Waals surface area contributed by atoms with Crippen LogP contribution in [-0.4, -0.2) is 11.1 Å². The van der Waals surface area contributed by atoms with Crippen molar-refractivity contribution in [3.05, 3.63) is 45.4 Å². The maximum atomic E-state index is 12.6. The van der Waals surface area contributed by atoms with Crippen LogP contribution in [0, 0.1) is 5.92 Å². The topological polar surface area (TPSA) is 55.1 Å². The van der Waals surface area contributed by atoms with Gasteiger partial charge < -0.3 is 4.52 Å². The van der Waals surface area contributed by atoms with Gasteiger partial charge in [0, 0.05) is 15.6 Å². The predicted molar refractivity (Wildman–Crippen MR) is 92.5 cm³/mol. The molecule has 1 aromatic carbocycles. The monoisotopic (exact) mass is 346 g/mol. The van der Waals surface area contributed by atoms with Crippen LogP contribution in [0.5, 0.6) is 0 Å². The largest absolute Gasteiger partial charge is 0.338 e. The van der Waals surface area contributed by atoms with Crippen molar-refractivity contribution in [3.63, 3.8) is 0 Å². The van der Waals surface area contributed by atoms with E-state index in [4.69, 9.17) is 16.1 Å². The number of aromatic nitrogens is 1. The molecule has 0 bridgehead atoms. The molecule has 1 amide bonds. The minimum absolute atomic E-state index is 0.242. The van der Waals surface area contributed by atoms with Crippen LogP contribution >= 0.6 is 22.9 Å². The second-order valence-corrected chi connectivity index (χ2v) is 7.41. The summed E-state index contributed by atoms with van der Waals surface area (Å²) in [5, 5.41) is 8.32. The quantitative estimate of drug-likeness (QED) is 0.716. The number of nitrogens with zero attached hydrogens (tertiary/aromatic N) is 1. The lowest BCUT2D eigenvalue weighted by Crippen LogP contribution is -2.15. The fourth-order valence-corrected chi connectivity index (χ4v) is 4.41. The van der Waals surface area contributed by atoms with Gasteiger partial charge >= 0.3 is 0 Å². The third-order valence-electron chi connectivity index (χ3n) is 4.26. The van der Waals surface area contributed by atoms with Gasteiger partial charge in [0.2, 0.25) is 5.88 Å². The van der Waals surface area contributed by atoms with E-state index in [0.717, 1.165) is 40.6 Å². The zero-order valence-electron chi connectivity index (χ0n) is 12.6. The summed E-state index contributed by atoms with van der Waals surface area (Å²) in [5.41, 5.74) is 1.98. The Morgan fingerprint density at radius 2 is 2.26 bits per heavy atom. The molecule has 6 heteroatoms. The molecule has 0 fully saturated rings.